The molecule has 0 unspecified atom stereocenters. The van der Waals surface area contributed by atoms with Crippen LogP contribution in [0.5, 0.6) is 0 Å². The Balaban J connectivity index is 2.17. The molecule has 20 heavy (non-hydrogen) atoms. The van der Waals surface area contributed by atoms with Crippen LogP contribution in [0.2, 0.25) is 10.0 Å². The zero-order valence-electron chi connectivity index (χ0n) is 10.2. The summed E-state index contributed by atoms with van der Waals surface area (Å²) in [4.78, 5) is 11.0. The summed E-state index contributed by atoms with van der Waals surface area (Å²) in [5.41, 5.74) is 1.65. The molecule has 0 aliphatic carbocycles. The number of carboxylic acid groups (broad SMARTS) is 1. The van der Waals surface area contributed by atoms with E-state index in [-0.39, 0.29) is 10.6 Å². The van der Waals surface area contributed by atoms with Gasteiger partial charge in [0.05, 0.1) is 10.6 Å². The van der Waals surface area contributed by atoms with Crippen LogP contribution in [-0.4, -0.2) is 11.1 Å². The lowest BCUT2D eigenvalue weighted by Crippen LogP contribution is -2.03. The monoisotopic (exact) mass is 373 g/mol. The quantitative estimate of drug-likeness (QED) is 0.785. The van der Waals surface area contributed by atoms with Gasteiger partial charge in [0.15, 0.2) is 0 Å². The Morgan fingerprint density at radius 2 is 1.85 bits per heavy atom. The second-order valence-electron chi connectivity index (χ2n) is 4.09. The Hall–Kier alpha value is -1.23. The Labute approximate surface area is 134 Å². The number of carboxylic acids is 1. The van der Waals surface area contributed by atoms with Gasteiger partial charge in [-0.1, -0.05) is 39.1 Å². The highest BCUT2D eigenvalue weighted by Crippen LogP contribution is 2.24. The minimum atomic E-state index is -1.06. The summed E-state index contributed by atoms with van der Waals surface area (Å²) in [5.74, 6) is -1.06. The summed E-state index contributed by atoms with van der Waals surface area (Å²) in [6.07, 6.45) is 0. The molecule has 0 aromatic heterocycles. The van der Waals surface area contributed by atoms with Crippen molar-refractivity contribution in [3.63, 3.8) is 0 Å². The van der Waals surface area contributed by atoms with Gasteiger partial charge < -0.3 is 10.4 Å². The van der Waals surface area contributed by atoms with Gasteiger partial charge in [0, 0.05) is 21.7 Å². The molecule has 2 rings (SSSR count). The summed E-state index contributed by atoms with van der Waals surface area (Å²) < 4.78 is 0.932. The minimum absolute atomic E-state index is 0.0667. The fraction of sp³-hybridized carbons (Fsp3) is 0.0714. The van der Waals surface area contributed by atoms with Crippen LogP contribution < -0.4 is 5.32 Å². The molecule has 0 saturated heterocycles. The van der Waals surface area contributed by atoms with Crippen molar-refractivity contribution in [3.8, 4) is 0 Å². The van der Waals surface area contributed by atoms with Crippen LogP contribution in [0.15, 0.2) is 40.9 Å². The minimum Gasteiger partial charge on any atom is -0.478 e. The van der Waals surface area contributed by atoms with E-state index in [1.165, 1.54) is 6.07 Å². The molecule has 0 aliphatic rings. The molecule has 0 atom stereocenters. The van der Waals surface area contributed by atoms with Gasteiger partial charge in [-0.25, -0.2) is 4.79 Å². The van der Waals surface area contributed by atoms with Gasteiger partial charge >= 0.3 is 5.97 Å². The zero-order chi connectivity index (χ0) is 14.7. The largest absolute Gasteiger partial charge is 0.478 e. The fourth-order valence-electron chi connectivity index (χ4n) is 1.68. The van der Waals surface area contributed by atoms with E-state index in [1.807, 2.05) is 12.1 Å². The highest BCUT2D eigenvalue weighted by atomic mass is 79.9. The maximum absolute atomic E-state index is 11.0. The van der Waals surface area contributed by atoms with E-state index in [4.69, 9.17) is 28.3 Å². The maximum Gasteiger partial charge on any atom is 0.337 e. The average molecular weight is 375 g/mol. The molecule has 3 nitrogen and oxygen atoms in total. The second kappa shape index (κ2) is 6.48. The molecular formula is C14H10BrCl2NO2. The lowest BCUT2D eigenvalue weighted by Gasteiger charge is -2.10. The molecule has 2 aromatic rings. The number of anilines is 1. The molecule has 0 fully saturated rings. The molecule has 0 spiro atoms. The van der Waals surface area contributed by atoms with Crippen molar-refractivity contribution in [2.45, 2.75) is 6.54 Å². The Kier molecular flexibility index (Phi) is 4.91. The molecule has 0 saturated carbocycles. The standard InChI is InChI=1S/C14H10BrCl2NO2/c15-9-1-3-12(16)8(5-9)7-18-10-2-4-13(17)11(6-10)14(19)20/h1-6,18H,7H2,(H,19,20). The fourth-order valence-corrected chi connectivity index (χ4v) is 2.47. The summed E-state index contributed by atoms with van der Waals surface area (Å²) in [6.45, 7) is 0.485. The summed E-state index contributed by atoms with van der Waals surface area (Å²) >= 11 is 15.3. The summed E-state index contributed by atoms with van der Waals surface area (Å²) in [7, 11) is 0. The van der Waals surface area contributed by atoms with Gasteiger partial charge in [0.25, 0.3) is 0 Å². The normalized spacial score (nSPS) is 10.3. The van der Waals surface area contributed by atoms with Gasteiger partial charge in [-0.3, -0.25) is 0 Å². The third kappa shape index (κ3) is 3.66. The van der Waals surface area contributed by atoms with Crippen LogP contribution in [-0.2, 0) is 6.54 Å². The van der Waals surface area contributed by atoms with Crippen molar-refractivity contribution in [3.05, 3.63) is 62.0 Å². The molecular weight excluding hydrogens is 365 g/mol. The van der Waals surface area contributed by atoms with Crippen LogP contribution in [0.3, 0.4) is 0 Å². The molecule has 0 amide bonds. The van der Waals surface area contributed by atoms with Gasteiger partial charge in [-0.05, 0) is 42.0 Å². The van der Waals surface area contributed by atoms with Crippen LogP contribution >= 0.6 is 39.1 Å². The van der Waals surface area contributed by atoms with Gasteiger partial charge in [-0.15, -0.1) is 0 Å². The predicted molar refractivity (Wildman–Crippen MR) is 84.9 cm³/mol. The number of carbonyl (C=O) groups is 1. The zero-order valence-corrected chi connectivity index (χ0v) is 13.3. The molecule has 0 radical (unpaired) electrons. The predicted octanol–water partition coefficient (Wildman–Crippen LogP) is 5.07. The van der Waals surface area contributed by atoms with E-state index in [1.54, 1.807) is 18.2 Å². The highest BCUT2D eigenvalue weighted by molar-refractivity contribution is 9.10. The SMILES string of the molecule is O=C(O)c1cc(NCc2cc(Br)ccc2Cl)ccc1Cl. The average Bonchev–Trinajstić information content (AvgIpc) is 2.41. The summed E-state index contributed by atoms with van der Waals surface area (Å²) in [5, 5.41) is 13.0. The first-order valence-corrected chi connectivity index (χ1v) is 7.23. The molecule has 6 heteroatoms. The highest BCUT2D eigenvalue weighted by Gasteiger charge is 2.09. The number of hydrogen-bond donors (Lipinski definition) is 2. The first-order valence-electron chi connectivity index (χ1n) is 5.68. The van der Waals surface area contributed by atoms with Gasteiger partial charge in [0.2, 0.25) is 0 Å². The van der Waals surface area contributed by atoms with Crippen molar-refractivity contribution in [2.24, 2.45) is 0 Å². The summed E-state index contributed by atoms with van der Waals surface area (Å²) in [6, 6.07) is 10.3. The maximum atomic E-state index is 11.0. The molecule has 0 aliphatic heterocycles. The van der Waals surface area contributed by atoms with Crippen LogP contribution in [0.25, 0.3) is 0 Å². The van der Waals surface area contributed by atoms with Crippen molar-refractivity contribution in [2.75, 3.05) is 5.32 Å². The molecule has 2 N–H and O–H groups in total. The second-order valence-corrected chi connectivity index (χ2v) is 5.82. The van der Waals surface area contributed by atoms with Crippen LogP contribution in [0.4, 0.5) is 5.69 Å². The Bertz CT molecular complexity index is 662. The number of hydrogen-bond acceptors (Lipinski definition) is 2. The van der Waals surface area contributed by atoms with Crippen molar-refractivity contribution < 1.29 is 9.90 Å². The Morgan fingerprint density at radius 1 is 1.15 bits per heavy atom. The third-order valence-electron chi connectivity index (χ3n) is 2.69. The van der Waals surface area contributed by atoms with E-state index in [0.29, 0.717) is 17.3 Å². The van der Waals surface area contributed by atoms with E-state index in [9.17, 15) is 4.79 Å². The van der Waals surface area contributed by atoms with Crippen LogP contribution in [0.1, 0.15) is 15.9 Å². The number of rotatable bonds is 4. The molecule has 0 bridgehead atoms. The van der Waals surface area contributed by atoms with Gasteiger partial charge in [0.1, 0.15) is 0 Å². The third-order valence-corrected chi connectivity index (χ3v) is 3.88. The van der Waals surface area contributed by atoms with E-state index < -0.39 is 5.97 Å². The first-order chi connectivity index (χ1) is 9.47. The number of halogens is 3. The van der Waals surface area contributed by atoms with Crippen LogP contribution in [0, 0.1) is 0 Å². The molecule has 104 valence electrons. The smallest absolute Gasteiger partial charge is 0.337 e. The Morgan fingerprint density at radius 3 is 2.55 bits per heavy atom. The number of nitrogens with one attached hydrogen (secondary N) is 1. The topological polar surface area (TPSA) is 49.3 Å². The van der Waals surface area contributed by atoms with E-state index in [2.05, 4.69) is 21.2 Å². The van der Waals surface area contributed by atoms with Crippen molar-refractivity contribution in [1.29, 1.82) is 0 Å². The van der Waals surface area contributed by atoms with E-state index >= 15 is 0 Å². The van der Waals surface area contributed by atoms with Gasteiger partial charge in [-0.2, -0.15) is 0 Å². The molecule has 0 heterocycles. The lowest BCUT2D eigenvalue weighted by atomic mass is 10.2. The first kappa shape index (κ1) is 15.2. The van der Waals surface area contributed by atoms with Crippen molar-refractivity contribution in [1.82, 2.24) is 0 Å². The molecule has 2 aromatic carbocycles. The number of benzene rings is 2. The lowest BCUT2D eigenvalue weighted by molar-refractivity contribution is 0.0697. The number of aromatic carboxylic acids is 1. The van der Waals surface area contributed by atoms with Crippen molar-refractivity contribution >= 4 is 50.8 Å². The van der Waals surface area contributed by atoms with E-state index in [0.717, 1.165) is 10.0 Å².